The Hall–Kier alpha value is -3.01. The molecular weight excluding hydrogens is 506 g/mol. The van der Waals surface area contributed by atoms with Crippen LogP contribution in [0.1, 0.15) is 48.3 Å². The molecule has 0 saturated carbocycles. The summed E-state index contributed by atoms with van der Waals surface area (Å²) in [6, 6.07) is 5.77. The third kappa shape index (κ3) is 5.21. The summed E-state index contributed by atoms with van der Waals surface area (Å²) in [5.74, 6) is -3.11. The molecule has 4 rings (SSSR count). The average molecular weight is 535 g/mol. The first kappa shape index (κ1) is 27.0. The van der Waals surface area contributed by atoms with Gasteiger partial charge in [0.2, 0.25) is 5.43 Å². The van der Waals surface area contributed by atoms with Gasteiger partial charge in [0.1, 0.15) is 16.4 Å². The molecule has 0 aliphatic carbocycles. The minimum absolute atomic E-state index is 0.00144. The summed E-state index contributed by atoms with van der Waals surface area (Å²) in [4.78, 5) is 26.7. The third-order valence-corrected chi connectivity index (χ3v) is 7.12. The van der Waals surface area contributed by atoms with Gasteiger partial charge in [0.05, 0.1) is 37.1 Å². The van der Waals surface area contributed by atoms with Crippen LogP contribution in [0, 0.1) is 17.0 Å². The Morgan fingerprint density at radius 1 is 1.16 bits per heavy atom. The molecule has 1 fully saturated rings. The van der Waals surface area contributed by atoms with E-state index in [4.69, 9.17) is 16.3 Å². The number of aromatic nitrogens is 1. The van der Waals surface area contributed by atoms with E-state index < -0.39 is 45.1 Å². The molecule has 37 heavy (non-hydrogen) atoms. The van der Waals surface area contributed by atoms with Gasteiger partial charge < -0.3 is 24.4 Å². The smallest absolute Gasteiger partial charge is 0.341 e. The van der Waals surface area contributed by atoms with E-state index in [1.807, 2.05) is 20.8 Å². The molecule has 7 nitrogen and oxygen atoms in total. The molecule has 0 amide bonds. The Labute approximate surface area is 217 Å². The highest BCUT2D eigenvalue weighted by atomic mass is 35.5. The number of anilines is 1. The van der Waals surface area contributed by atoms with Crippen molar-refractivity contribution in [3.8, 4) is 0 Å². The summed E-state index contributed by atoms with van der Waals surface area (Å²) in [5.41, 5.74) is -0.281. The lowest BCUT2D eigenvalue weighted by Crippen LogP contribution is -2.37. The summed E-state index contributed by atoms with van der Waals surface area (Å²) < 4.78 is 36.8. The van der Waals surface area contributed by atoms with Crippen molar-refractivity contribution in [2.75, 3.05) is 37.8 Å². The van der Waals surface area contributed by atoms with Gasteiger partial charge in [-0.3, -0.25) is 4.79 Å². The maximum Gasteiger partial charge on any atom is 0.341 e. The van der Waals surface area contributed by atoms with Crippen LogP contribution in [-0.2, 0) is 11.2 Å². The predicted octanol–water partition coefficient (Wildman–Crippen LogP) is 4.64. The number of rotatable bonds is 6. The minimum Gasteiger partial charge on any atom is -0.477 e. The van der Waals surface area contributed by atoms with Gasteiger partial charge >= 0.3 is 5.97 Å². The largest absolute Gasteiger partial charge is 0.477 e. The number of pyridine rings is 1. The minimum atomic E-state index is -1.39. The zero-order valence-corrected chi connectivity index (χ0v) is 21.6. The Kier molecular flexibility index (Phi) is 7.60. The molecule has 1 aromatic heterocycles. The van der Waals surface area contributed by atoms with Crippen LogP contribution in [0.15, 0.2) is 35.3 Å². The molecule has 0 bridgehead atoms. The summed E-state index contributed by atoms with van der Waals surface area (Å²) in [7, 11) is 0. The fraction of sp³-hybridized carbons (Fsp3) is 0.407. The number of carboxylic acid groups (broad SMARTS) is 1. The Morgan fingerprint density at radius 2 is 1.84 bits per heavy atom. The quantitative estimate of drug-likeness (QED) is 0.448. The van der Waals surface area contributed by atoms with Gasteiger partial charge in [-0.05, 0) is 34.7 Å². The normalized spacial score (nSPS) is 15.3. The highest BCUT2D eigenvalue weighted by Gasteiger charge is 2.28. The molecule has 2 N–H and O–H groups in total. The second-order valence-corrected chi connectivity index (χ2v) is 10.7. The number of fused-ring (bicyclic) bond motifs is 1. The van der Waals surface area contributed by atoms with Crippen LogP contribution in [0.25, 0.3) is 10.9 Å². The topological polar surface area (TPSA) is 92.0 Å². The maximum atomic E-state index is 15.0. The van der Waals surface area contributed by atoms with Crippen LogP contribution in [-0.4, -0.2) is 53.7 Å². The van der Waals surface area contributed by atoms with E-state index in [1.165, 1.54) is 18.3 Å². The molecule has 2 heterocycles. The van der Waals surface area contributed by atoms with Crippen molar-refractivity contribution in [2.45, 2.75) is 33.2 Å². The molecule has 1 aliphatic rings. The number of aliphatic hydroxyl groups is 1. The summed E-state index contributed by atoms with van der Waals surface area (Å²) >= 11 is 6.01. The van der Waals surface area contributed by atoms with Crippen molar-refractivity contribution < 1.29 is 28.5 Å². The molecular formula is C27H29ClF2N2O5. The van der Waals surface area contributed by atoms with E-state index in [-0.39, 0.29) is 29.7 Å². The van der Waals surface area contributed by atoms with Gasteiger partial charge in [-0.25, -0.2) is 13.6 Å². The summed E-state index contributed by atoms with van der Waals surface area (Å²) in [6.07, 6.45) is 1.26. The first-order valence-electron chi connectivity index (χ1n) is 11.9. The van der Waals surface area contributed by atoms with Gasteiger partial charge in [-0.15, -0.1) is 0 Å². The number of hydrogen-bond acceptors (Lipinski definition) is 5. The van der Waals surface area contributed by atoms with Crippen LogP contribution < -0.4 is 10.3 Å². The van der Waals surface area contributed by atoms with E-state index in [1.54, 1.807) is 21.6 Å². The zero-order valence-electron chi connectivity index (χ0n) is 20.9. The second kappa shape index (κ2) is 10.4. The number of carboxylic acids is 1. The average Bonchev–Trinajstić information content (AvgIpc) is 2.85. The number of carbonyl (C=O) groups is 1. The first-order valence-corrected chi connectivity index (χ1v) is 12.3. The van der Waals surface area contributed by atoms with E-state index in [2.05, 4.69) is 0 Å². The molecule has 198 valence electrons. The van der Waals surface area contributed by atoms with Crippen molar-refractivity contribution in [3.05, 3.63) is 74.0 Å². The lowest BCUT2D eigenvalue weighted by atomic mass is 9.86. The van der Waals surface area contributed by atoms with Gasteiger partial charge in [0.25, 0.3) is 0 Å². The number of benzene rings is 2. The zero-order chi connectivity index (χ0) is 27.1. The number of nitrogens with zero attached hydrogens (tertiary/aromatic N) is 2. The molecule has 1 saturated heterocycles. The number of morpholine rings is 1. The second-order valence-electron chi connectivity index (χ2n) is 10.3. The van der Waals surface area contributed by atoms with Gasteiger partial charge in [0.15, 0.2) is 5.82 Å². The lowest BCUT2D eigenvalue weighted by Gasteiger charge is -2.32. The monoisotopic (exact) mass is 534 g/mol. The maximum absolute atomic E-state index is 15.0. The number of halogens is 3. The van der Waals surface area contributed by atoms with E-state index in [9.17, 15) is 24.2 Å². The van der Waals surface area contributed by atoms with Crippen molar-refractivity contribution in [1.82, 2.24) is 4.57 Å². The van der Waals surface area contributed by atoms with Crippen molar-refractivity contribution in [3.63, 3.8) is 0 Å². The number of aromatic carboxylic acids is 1. The predicted molar refractivity (Wildman–Crippen MR) is 138 cm³/mol. The highest BCUT2D eigenvalue weighted by Crippen LogP contribution is 2.35. The fourth-order valence-corrected chi connectivity index (χ4v) is 4.94. The molecule has 1 aliphatic heterocycles. The van der Waals surface area contributed by atoms with Crippen LogP contribution in [0.2, 0.25) is 5.02 Å². The van der Waals surface area contributed by atoms with E-state index in [0.717, 1.165) is 0 Å². The SMILES string of the molecule is CC(C)(C)[C@H](CO)n1cc(C(=O)O)c(=O)c2cc(Cc3cc(N4CCOCC4)c(F)c(Cl)c3F)ccc21. The van der Waals surface area contributed by atoms with Gasteiger partial charge in [0, 0.05) is 31.1 Å². The van der Waals surface area contributed by atoms with Crippen LogP contribution in [0.3, 0.4) is 0 Å². The van der Waals surface area contributed by atoms with Crippen LogP contribution in [0.4, 0.5) is 14.5 Å². The number of hydrogen-bond donors (Lipinski definition) is 2. The molecule has 3 aromatic rings. The van der Waals surface area contributed by atoms with Crippen molar-refractivity contribution >= 4 is 34.2 Å². The Balaban J connectivity index is 1.84. The lowest BCUT2D eigenvalue weighted by molar-refractivity contribution is 0.0692. The third-order valence-electron chi connectivity index (χ3n) is 6.78. The molecule has 1 atom stereocenters. The Bertz CT molecular complexity index is 1410. The fourth-order valence-electron chi connectivity index (χ4n) is 4.73. The number of ether oxygens (including phenoxy) is 1. The van der Waals surface area contributed by atoms with Crippen molar-refractivity contribution in [2.24, 2.45) is 5.41 Å². The van der Waals surface area contributed by atoms with Crippen LogP contribution >= 0.6 is 11.6 Å². The summed E-state index contributed by atoms with van der Waals surface area (Å²) in [6.45, 7) is 7.13. The summed E-state index contributed by atoms with van der Waals surface area (Å²) in [5, 5.41) is 19.3. The molecule has 2 aromatic carbocycles. The van der Waals surface area contributed by atoms with Gasteiger partial charge in [-0.1, -0.05) is 38.4 Å². The van der Waals surface area contributed by atoms with E-state index in [0.29, 0.717) is 37.4 Å². The molecule has 0 spiro atoms. The first-order chi connectivity index (χ1) is 17.4. The van der Waals surface area contributed by atoms with E-state index >= 15 is 4.39 Å². The molecule has 0 unspecified atom stereocenters. The Morgan fingerprint density at radius 3 is 2.43 bits per heavy atom. The highest BCUT2D eigenvalue weighted by molar-refractivity contribution is 6.31. The number of aliphatic hydroxyl groups excluding tert-OH is 1. The molecule has 0 radical (unpaired) electrons. The van der Waals surface area contributed by atoms with Crippen molar-refractivity contribution in [1.29, 1.82) is 0 Å². The molecule has 10 heteroatoms. The van der Waals surface area contributed by atoms with Gasteiger partial charge in [-0.2, -0.15) is 0 Å². The van der Waals surface area contributed by atoms with Crippen LogP contribution in [0.5, 0.6) is 0 Å². The standard InChI is InChI=1S/C27H29ClF2N2O5/c1-27(2,3)21(14-33)32-13-18(26(35)36)25(34)17-11-15(4-5-19(17)32)10-16-12-20(24(30)22(28)23(16)29)31-6-8-37-9-7-31/h4-5,11-13,21,33H,6-10,14H2,1-3H3,(H,35,36)/t21-/m0/s1.